The third-order valence-corrected chi connectivity index (χ3v) is 4.69. The fourth-order valence-electron chi connectivity index (χ4n) is 2.36. The molecule has 0 saturated heterocycles. The maximum absolute atomic E-state index is 11.1. The fraction of sp³-hybridized carbons (Fsp3) is 1.00. The Morgan fingerprint density at radius 3 is 1.71 bits per heavy atom. The van der Waals surface area contributed by atoms with E-state index in [9.17, 15) is 8.42 Å². The highest BCUT2D eigenvalue weighted by Crippen LogP contribution is 2.12. The lowest BCUT2D eigenvalue weighted by Crippen LogP contribution is -2.24. The van der Waals surface area contributed by atoms with Crippen molar-refractivity contribution < 1.29 is 17.7 Å². The van der Waals surface area contributed by atoms with Crippen molar-refractivity contribution in [2.24, 2.45) is 0 Å². The van der Waals surface area contributed by atoms with Crippen LogP contribution < -0.4 is 0 Å². The summed E-state index contributed by atoms with van der Waals surface area (Å²) in [5.74, 6) is 0. The van der Waals surface area contributed by atoms with Gasteiger partial charge in [-0.1, -0.05) is 78.1 Å². The third-order valence-electron chi connectivity index (χ3n) is 3.66. The summed E-state index contributed by atoms with van der Waals surface area (Å²) in [5, 5.41) is 0. The first-order valence-electron chi connectivity index (χ1n) is 8.60. The van der Waals surface area contributed by atoms with Gasteiger partial charge in [0.15, 0.2) is 5.44 Å². The fourth-order valence-corrected chi connectivity index (χ4v) is 3.16. The van der Waals surface area contributed by atoms with Crippen molar-refractivity contribution >= 4 is 10.1 Å². The lowest BCUT2D eigenvalue weighted by atomic mass is 10.1. The quantitative estimate of drug-likeness (QED) is 0.343. The molecule has 21 heavy (non-hydrogen) atoms. The van der Waals surface area contributed by atoms with Gasteiger partial charge in [-0.2, -0.15) is 8.42 Å². The number of hydrogen-bond donors (Lipinski definition) is 1. The molecule has 0 saturated carbocycles. The van der Waals surface area contributed by atoms with Crippen molar-refractivity contribution in [2.45, 2.75) is 96.3 Å². The first-order chi connectivity index (χ1) is 10.0. The normalized spacial score (nSPS) is 13.5. The Labute approximate surface area is 131 Å². The topological polar surface area (TPSA) is 63.6 Å². The Bertz CT molecular complexity index is 314. The van der Waals surface area contributed by atoms with Gasteiger partial charge in [-0.3, -0.25) is 4.55 Å². The zero-order valence-corrected chi connectivity index (χ0v) is 14.7. The molecule has 0 aromatic heterocycles. The zero-order valence-electron chi connectivity index (χ0n) is 13.8. The van der Waals surface area contributed by atoms with E-state index in [1.54, 1.807) is 0 Å². The van der Waals surface area contributed by atoms with Crippen LogP contribution in [0.5, 0.6) is 0 Å². The summed E-state index contributed by atoms with van der Waals surface area (Å²) in [7, 11) is -4.06. The van der Waals surface area contributed by atoms with Crippen LogP contribution in [0.2, 0.25) is 0 Å². The van der Waals surface area contributed by atoms with Gasteiger partial charge in [-0.25, -0.2) is 0 Å². The molecule has 0 bridgehead atoms. The highest BCUT2D eigenvalue weighted by molar-refractivity contribution is 7.86. The van der Waals surface area contributed by atoms with Crippen molar-refractivity contribution in [1.82, 2.24) is 0 Å². The predicted octanol–water partition coefficient (Wildman–Crippen LogP) is 4.94. The molecular formula is C16H34O4S. The summed E-state index contributed by atoms with van der Waals surface area (Å²) in [6.45, 7) is 4.53. The molecule has 0 fully saturated rings. The average molecular weight is 323 g/mol. The molecule has 0 radical (unpaired) electrons. The summed E-state index contributed by atoms with van der Waals surface area (Å²) in [4.78, 5) is 0. The first-order valence-corrected chi connectivity index (χ1v) is 10.1. The molecule has 1 N–H and O–H groups in total. The van der Waals surface area contributed by atoms with Crippen LogP contribution >= 0.6 is 0 Å². The van der Waals surface area contributed by atoms with Gasteiger partial charge in [0, 0.05) is 6.61 Å². The highest BCUT2D eigenvalue weighted by Gasteiger charge is 2.22. The Kier molecular flexibility index (Phi) is 13.4. The molecule has 5 heteroatoms. The van der Waals surface area contributed by atoms with Gasteiger partial charge in [0.05, 0.1) is 0 Å². The van der Waals surface area contributed by atoms with Gasteiger partial charge in [0.1, 0.15) is 0 Å². The van der Waals surface area contributed by atoms with Gasteiger partial charge in [0.2, 0.25) is 0 Å². The van der Waals surface area contributed by atoms with Crippen molar-refractivity contribution in [3.05, 3.63) is 0 Å². The molecule has 1 atom stereocenters. The average Bonchev–Trinajstić information content (AvgIpc) is 2.42. The summed E-state index contributed by atoms with van der Waals surface area (Å²) in [6, 6.07) is 0. The third kappa shape index (κ3) is 13.3. The Morgan fingerprint density at radius 2 is 1.29 bits per heavy atom. The molecule has 0 aromatic rings. The molecule has 0 aliphatic carbocycles. The minimum Gasteiger partial charge on any atom is -0.360 e. The Morgan fingerprint density at radius 1 is 0.810 bits per heavy atom. The molecule has 128 valence electrons. The van der Waals surface area contributed by atoms with E-state index < -0.39 is 15.6 Å². The second-order valence-corrected chi connectivity index (χ2v) is 7.34. The number of hydrogen-bond acceptors (Lipinski definition) is 3. The minimum atomic E-state index is -4.06. The van der Waals surface area contributed by atoms with Crippen LogP contribution in [0, 0.1) is 0 Å². The SMILES string of the molecule is CCCCCCCCCCCCOC(CCC)S(=O)(=O)O. The van der Waals surface area contributed by atoms with Crippen molar-refractivity contribution in [3.63, 3.8) is 0 Å². The lowest BCUT2D eigenvalue weighted by molar-refractivity contribution is 0.0894. The maximum Gasteiger partial charge on any atom is 0.292 e. The molecular weight excluding hydrogens is 288 g/mol. The number of rotatable bonds is 15. The van der Waals surface area contributed by atoms with Gasteiger partial charge in [-0.15, -0.1) is 0 Å². The van der Waals surface area contributed by atoms with Crippen molar-refractivity contribution in [1.29, 1.82) is 0 Å². The first kappa shape index (κ1) is 20.9. The van der Waals surface area contributed by atoms with Crippen LogP contribution in [0.1, 0.15) is 90.9 Å². The van der Waals surface area contributed by atoms with Crippen LogP contribution in [0.25, 0.3) is 0 Å². The second-order valence-electron chi connectivity index (χ2n) is 5.79. The Balaban J connectivity index is 3.42. The Hall–Kier alpha value is -0.130. The van der Waals surface area contributed by atoms with Crippen LogP contribution in [0.4, 0.5) is 0 Å². The lowest BCUT2D eigenvalue weighted by Gasteiger charge is -2.13. The largest absolute Gasteiger partial charge is 0.360 e. The molecule has 0 amide bonds. The smallest absolute Gasteiger partial charge is 0.292 e. The molecule has 0 aromatic carbocycles. The molecule has 1 unspecified atom stereocenters. The van der Waals surface area contributed by atoms with E-state index in [0.717, 1.165) is 12.8 Å². The van der Waals surface area contributed by atoms with Crippen LogP contribution in [-0.2, 0) is 14.9 Å². The van der Waals surface area contributed by atoms with Crippen LogP contribution in [-0.4, -0.2) is 25.0 Å². The maximum atomic E-state index is 11.1. The molecule has 0 spiro atoms. The van der Waals surface area contributed by atoms with E-state index in [1.807, 2.05) is 6.92 Å². The van der Waals surface area contributed by atoms with Gasteiger partial charge < -0.3 is 4.74 Å². The second kappa shape index (κ2) is 13.5. The van der Waals surface area contributed by atoms with E-state index >= 15 is 0 Å². The molecule has 0 rings (SSSR count). The number of unbranched alkanes of at least 4 members (excludes halogenated alkanes) is 9. The summed E-state index contributed by atoms with van der Waals surface area (Å²) >= 11 is 0. The minimum absolute atomic E-state index is 0.358. The predicted molar refractivity (Wildman–Crippen MR) is 88.0 cm³/mol. The van der Waals surface area contributed by atoms with Gasteiger partial charge in [0.25, 0.3) is 10.1 Å². The van der Waals surface area contributed by atoms with E-state index in [4.69, 9.17) is 9.29 Å². The monoisotopic (exact) mass is 322 g/mol. The van der Waals surface area contributed by atoms with E-state index in [2.05, 4.69) is 6.92 Å². The van der Waals surface area contributed by atoms with Crippen LogP contribution in [0.15, 0.2) is 0 Å². The van der Waals surface area contributed by atoms with E-state index in [1.165, 1.54) is 51.4 Å². The molecule has 0 aliphatic heterocycles. The van der Waals surface area contributed by atoms with E-state index in [-0.39, 0.29) is 0 Å². The zero-order chi connectivity index (χ0) is 16.0. The van der Waals surface area contributed by atoms with E-state index in [0.29, 0.717) is 19.4 Å². The molecule has 0 heterocycles. The van der Waals surface area contributed by atoms with Crippen LogP contribution in [0.3, 0.4) is 0 Å². The summed E-state index contributed by atoms with van der Waals surface area (Å²) in [6.07, 6.45) is 13.4. The molecule has 4 nitrogen and oxygen atoms in total. The highest BCUT2D eigenvalue weighted by atomic mass is 32.2. The summed E-state index contributed by atoms with van der Waals surface area (Å²) in [5.41, 5.74) is -1.04. The standard InChI is InChI=1S/C16H34O4S/c1-3-5-6-7-8-9-10-11-12-13-15-20-16(14-4-2)21(17,18)19/h16H,3-15H2,1-2H3,(H,17,18,19). The van der Waals surface area contributed by atoms with Gasteiger partial charge in [-0.05, 0) is 12.8 Å². The van der Waals surface area contributed by atoms with Gasteiger partial charge >= 0.3 is 0 Å². The molecule has 0 aliphatic rings. The number of ether oxygens (including phenoxy) is 1. The van der Waals surface area contributed by atoms with Crippen molar-refractivity contribution in [2.75, 3.05) is 6.61 Å². The van der Waals surface area contributed by atoms with Crippen molar-refractivity contribution in [3.8, 4) is 0 Å². The summed E-state index contributed by atoms with van der Waals surface area (Å²) < 4.78 is 36.4.